The highest BCUT2D eigenvalue weighted by atomic mass is 32.1. The predicted molar refractivity (Wildman–Crippen MR) is 85.6 cm³/mol. The van der Waals surface area contributed by atoms with Crippen LogP contribution in [0.3, 0.4) is 0 Å². The fourth-order valence-corrected chi connectivity index (χ4v) is 3.01. The minimum absolute atomic E-state index is 0.120. The van der Waals surface area contributed by atoms with Crippen molar-refractivity contribution < 1.29 is 9.53 Å². The van der Waals surface area contributed by atoms with Crippen LogP contribution in [0.5, 0.6) is 0 Å². The molecule has 20 heavy (non-hydrogen) atoms. The smallest absolute Gasteiger partial charge is 0.252 e. The van der Waals surface area contributed by atoms with Gasteiger partial charge in [-0.05, 0) is 44.9 Å². The first-order chi connectivity index (χ1) is 9.33. The summed E-state index contributed by atoms with van der Waals surface area (Å²) in [5, 5.41) is 3.09. The Morgan fingerprint density at radius 2 is 2.00 bits per heavy atom. The van der Waals surface area contributed by atoms with Crippen molar-refractivity contribution in [3.8, 4) is 0 Å². The number of rotatable bonds is 6. The van der Waals surface area contributed by atoms with E-state index in [0.717, 1.165) is 31.6 Å². The lowest BCUT2D eigenvalue weighted by Crippen LogP contribution is -2.62. The van der Waals surface area contributed by atoms with Crippen LogP contribution in [0.15, 0.2) is 0 Å². The Morgan fingerprint density at radius 3 is 2.35 bits per heavy atom. The number of thiocarbonyl (C=S) groups is 1. The zero-order valence-electron chi connectivity index (χ0n) is 13.1. The van der Waals surface area contributed by atoms with Crippen LogP contribution in [0.2, 0.25) is 0 Å². The molecule has 0 spiro atoms. The lowest BCUT2D eigenvalue weighted by atomic mass is 9.75. The molecule has 0 heterocycles. The summed E-state index contributed by atoms with van der Waals surface area (Å²) in [6.45, 7) is 5.94. The first-order valence-electron chi connectivity index (χ1n) is 7.51. The molecule has 0 aliphatic heterocycles. The van der Waals surface area contributed by atoms with Gasteiger partial charge in [0.25, 0.3) is 5.91 Å². The molecular weight excluding hydrogens is 272 g/mol. The molecule has 5 heteroatoms. The highest BCUT2D eigenvalue weighted by Crippen LogP contribution is 2.34. The van der Waals surface area contributed by atoms with E-state index in [-0.39, 0.29) is 5.91 Å². The third kappa shape index (κ3) is 3.50. The second kappa shape index (κ2) is 6.85. The summed E-state index contributed by atoms with van der Waals surface area (Å²) in [7, 11) is 1.56. The van der Waals surface area contributed by atoms with Gasteiger partial charge in [-0.1, -0.05) is 32.5 Å². The number of ether oxygens (including phenoxy) is 1. The normalized spacial score (nSPS) is 29.5. The quantitative estimate of drug-likeness (QED) is 0.740. The maximum absolute atomic E-state index is 12.5. The van der Waals surface area contributed by atoms with E-state index < -0.39 is 11.1 Å². The highest BCUT2D eigenvalue weighted by molar-refractivity contribution is 7.80. The van der Waals surface area contributed by atoms with Crippen molar-refractivity contribution >= 4 is 23.1 Å². The Morgan fingerprint density at radius 1 is 1.45 bits per heavy atom. The summed E-state index contributed by atoms with van der Waals surface area (Å²) in [6.07, 6.45) is 5.56. The molecule has 0 radical (unpaired) electrons. The molecule has 4 nitrogen and oxygen atoms in total. The van der Waals surface area contributed by atoms with Crippen molar-refractivity contribution in [2.24, 2.45) is 11.7 Å². The number of methoxy groups -OCH3 is 1. The van der Waals surface area contributed by atoms with Gasteiger partial charge in [0.1, 0.15) is 5.60 Å². The topological polar surface area (TPSA) is 64.3 Å². The molecular formula is C15H28N2O2S. The minimum atomic E-state index is -0.820. The molecule has 0 saturated heterocycles. The molecule has 1 rings (SSSR count). The Bertz CT molecular complexity index is 359. The SMILES string of the molecule is CCC1CCC(NC(=O)C(C)(CC)OC)(C(N)=S)CC1. The molecule has 0 bridgehead atoms. The Kier molecular flexibility index (Phi) is 5.95. The Hall–Kier alpha value is -0.680. The van der Waals surface area contributed by atoms with Crippen LogP contribution in [0.25, 0.3) is 0 Å². The van der Waals surface area contributed by atoms with E-state index >= 15 is 0 Å². The van der Waals surface area contributed by atoms with E-state index in [0.29, 0.717) is 11.4 Å². The standard InChI is InChI=1S/C15H28N2O2S/c1-5-11-7-9-15(10-8-11,12(16)20)17-13(18)14(3,6-2)19-4/h11H,5-10H2,1-4H3,(H2,16,20)(H,17,18). The molecule has 116 valence electrons. The molecule has 1 saturated carbocycles. The van der Waals surface area contributed by atoms with Crippen molar-refractivity contribution in [2.45, 2.75) is 70.4 Å². The number of nitrogens with one attached hydrogen (secondary N) is 1. The van der Waals surface area contributed by atoms with Crippen molar-refractivity contribution in [2.75, 3.05) is 7.11 Å². The number of hydrogen-bond donors (Lipinski definition) is 2. The molecule has 1 fully saturated rings. The largest absolute Gasteiger partial charge is 0.391 e. The fourth-order valence-electron chi connectivity index (χ4n) is 2.76. The second-order valence-corrected chi connectivity index (χ2v) is 6.48. The van der Waals surface area contributed by atoms with Gasteiger partial charge in [-0.2, -0.15) is 0 Å². The molecule has 1 unspecified atom stereocenters. The van der Waals surface area contributed by atoms with E-state index in [1.54, 1.807) is 14.0 Å². The van der Waals surface area contributed by atoms with Crippen LogP contribution in [-0.4, -0.2) is 29.1 Å². The number of carbonyl (C=O) groups is 1. The van der Waals surface area contributed by atoms with Crippen molar-refractivity contribution in [1.82, 2.24) is 5.32 Å². The molecule has 1 aliphatic rings. The number of nitrogens with two attached hydrogens (primary N) is 1. The molecule has 1 amide bonds. The summed E-state index contributed by atoms with van der Waals surface area (Å²) < 4.78 is 5.36. The van der Waals surface area contributed by atoms with Crippen LogP contribution in [0.1, 0.15) is 59.3 Å². The number of carbonyl (C=O) groups excluding carboxylic acids is 1. The van der Waals surface area contributed by atoms with Crippen molar-refractivity contribution in [3.63, 3.8) is 0 Å². The van der Waals surface area contributed by atoms with Crippen LogP contribution in [-0.2, 0) is 9.53 Å². The molecule has 1 aliphatic carbocycles. The van der Waals surface area contributed by atoms with E-state index in [4.69, 9.17) is 22.7 Å². The van der Waals surface area contributed by atoms with Gasteiger partial charge < -0.3 is 15.8 Å². The van der Waals surface area contributed by atoms with Gasteiger partial charge in [0.15, 0.2) is 0 Å². The summed E-state index contributed by atoms with van der Waals surface area (Å²) in [4.78, 5) is 12.9. The van der Waals surface area contributed by atoms with Gasteiger partial charge >= 0.3 is 0 Å². The zero-order valence-corrected chi connectivity index (χ0v) is 13.9. The third-order valence-electron chi connectivity index (χ3n) is 4.97. The lowest BCUT2D eigenvalue weighted by Gasteiger charge is -2.42. The number of hydrogen-bond acceptors (Lipinski definition) is 3. The maximum Gasteiger partial charge on any atom is 0.252 e. The maximum atomic E-state index is 12.5. The summed E-state index contributed by atoms with van der Waals surface area (Å²) in [6, 6.07) is 0. The van der Waals surface area contributed by atoms with Crippen LogP contribution in [0.4, 0.5) is 0 Å². The van der Waals surface area contributed by atoms with E-state index in [1.807, 2.05) is 6.92 Å². The summed E-state index contributed by atoms with van der Waals surface area (Å²) >= 11 is 5.24. The predicted octanol–water partition coefficient (Wildman–Crippen LogP) is 2.54. The van der Waals surface area contributed by atoms with Crippen LogP contribution >= 0.6 is 12.2 Å². The monoisotopic (exact) mass is 300 g/mol. The molecule has 0 aromatic rings. The van der Waals surface area contributed by atoms with Gasteiger partial charge in [0, 0.05) is 7.11 Å². The molecule has 0 aromatic heterocycles. The van der Waals surface area contributed by atoms with Gasteiger partial charge in [-0.15, -0.1) is 0 Å². The van der Waals surface area contributed by atoms with Crippen molar-refractivity contribution in [1.29, 1.82) is 0 Å². The summed E-state index contributed by atoms with van der Waals surface area (Å²) in [5.74, 6) is 0.597. The average Bonchev–Trinajstić information content (AvgIpc) is 2.46. The molecule has 0 aromatic carbocycles. The van der Waals surface area contributed by atoms with E-state index in [1.165, 1.54) is 6.42 Å². The zero-order chi connectivity index (χ0) is 15.4. The Labute approximate surface area is 127 Å². The lowest BCUT2D eigenvalue weighted by molar-refractivity contribution is -0.143. The first-order valence-corrected chi connectivity index (χ1v) is 7.92. The molecule has 1 atom stereocenters. The average molecular weight is 300 g/mol. The first kappa shape index (κ1) is 17.4. The number of amides is 1. The Balaban J connectivity index is 2.84. The van der Waals surface area contributed by atoms with E-state index in [2.05, 4.69) is 12.2 Å². The van der Waals surface area contributed by atoms with Crippen LogP contribution < -0.4 is 11.1 Å². The van der Waals surface area contributed by atoms with Gasteiger partial charge in [-0.3, -0.25) is 4.79 Å². The minimum Gasteiger partial charge on any atom is -0.391 e. The van der Waals surface area contributed by atoms with Crippen molar-refractivity contribution in [3.05, 3.63) is 0 Å². The fraction of sp³-hybridized carbons (Fsp3) is 0.867. The van der Waals surface area contributed by atoms with Gasteiger partial charge in [0.2, 0.25) is 0 Å². The second-order valence-electron chi connectivity index (χ2n) is 6.04. The highest BCUT2D eigenvalue weighted by Gasteiger charge is 2.42. The van der Waals surface area contributed by atoms with E-state index in [9.17, 15) is 4.79 Å². The van der Waals surface area contributed by atoms with Gasteiger partial charge in [0.05, 0.1) is 10.5 Å². The summed E-state index contributed by atoms with van der Waals surface area (Å²) in [5.41, 5.74) is 4.58. The van der Waals surface area contributed by atoms with Crippen LogP contribution in [0, 0.1) is 5.92 Å². The molecule has 3 N–H and O–H groups in total. The van der Waals surface area contributed by atoms with Gasteiger partial charge in [-0.25, -0.2) is 0 Å². The third-order valence-corrected chi connectivity index (χ3v) is 5.36.